The van der Waals surface area contributed by atoms with Crippen LogP contribution in [-0.4, -0.2) is 27.6 Å². The molecular formula is C8H15NO2S. The number of carboxylic acid groups (broad SMARTS) is 1. The van der Waals surface area contributed by atoms with Gasteiger partial charge < -0.3 is 10.8 Å². The van der Waals surface area contributed by atoms with E-state index in [9.17, 15) is 4.79 Å². The number of hydrogen-bond acceptors (Lipinski definition) is 3. The van der Waals surface area contributed by atoms with Crippen LogP contribution in [0, 0.1) is 5.92 Å². The fourth-order valence-electron chi connectivity index (χ4n) is 1.49. The third-order valence-corrected chi connectivity index (χ3v) is 3.96. The van der Waals surface area contributed by atoms with Gasteiger partial charge in [0.2, 0.25) is 0 Å². The fourth-order valence-corrected chi connectivity index (χ4v) is 2.80. The molecule has 0 aliphatic carbocycles. The first-order valence-corrected chi connectivity index (χ1v) is 5.15. The predicted octanol–water partition coefficient (Wildman–Crippen LogP) is 0.930. The molecule has 0 radical (unpaired) electrons. The molecule has 3 nitrogen and oxygen atoms in total. The van der Waals surface area contributed by atoms with Crippen LogP contribution >= 0.6 is 11.8 Å². The summed E-state index contributed by atoms with van der Waals surface area (Å²) in [5.41, 5.74) is 4.83. The highest BCUT2D eigenvalue weighted by Gasteiger charge is 2.43. The SMILES string of the molecule is C[C@H]1C[C@@](N)(C(=O)O)[C@@H](C)CS1. The summed E-state index contributed by atoms with van der Waals surface area (Å²) in [5, 5.41) is 9.31. The molecule has 0 aromatic carbocycles. The Morgan fingerprint density at radius 3 is 2.67 bits per heavy atom. The van der Waals surface area contributed by atoms with Crippen molar-refractivity contribution in [1.29, 1.82) is 0 Å². The van der Waals surface area contributed by atoms with Gasteiger partial charge in [-0.3, -0.25) is 4.79 Å². The van der Waals surface area contributed by atoms with Crippen molar-refractivity contribution < 1.29 is 9.90 Å². The quantitative estimate of drug-likeness (QED) is 0.644. The summed E-state index contributed by atoms with van der Waals surface area (Å²) in [4.78, 5) is 10.9. The molecule has 0 amide bonds. The molecule has 0 aromatic heterocycles. The van der Waals surface area contributed by atoms with Crippen molar-refractivity contribution >= 4 is 17.7 Å². The van der Waals surface area contributed by atoms with Crippen molar-refractivity contribution in [2.45, 2.75) is 31.1 Å². The molecule has 3 atom stereocenters. The van der Waals surface area contributed by atoms with Gasteiger partial charge in [0, 0.05) is 5.25 Å². The van der Waals surface area contributed by atoms with Crippen molar-refractivity contribution in [2.75, 3.05) is 5.75 Å². The minimum atomic E-state index is -0.995. The zero-order valence-corrected chi connectivity index (χ0v) is 8.23. The Hall–Kier alpha value is -0.220. The van der Waals surface area contributed by atoms with Crippen molar-refractivity contribution in [3.05, 3.63) is 0 Å². The van der Waals surface area contributed by atoms with E-state index in [4.69, 9.17) is 10.8 Å². The lowest BCUT2D eigenvalue weighted by molar-refractivity contribution is -0.145. The lowest BCUT2D eigenvalue weighted by atomic mass is 9.83. The van der Waals surface area contributed by atoms with Crippen LogP contribution in [0.25, 0.3) is 0 Å². The molecule has 0 saturated carbocycles. The number of hydrogen-bond donors (Lipinski definition) is 2. The second-order valence-electron chi connectivity index (χ2n) is 3.59. The van der Waals surface area contributed by atoms with E-state index in [0.717, 1.165) is 5.75 Å². The van der Waals surface area contributed by atoms with E-state index in [1.165, 1.54) is 0 Å². The van der Waals surface area contributed by atoms with Crippen molar-refractivity contribution in [1.82, 2.24) is 0 Å². The van der Waals surface area contributed by atoms with Gasteiger partial charge in [0.1, 0.15) is 5.54 Å². The molecule has 1 aliphatic heterocycles. The molecule has 1 aliphatic rings. The molecule has 1 fully saturated rings. The molecule has 1 heterocycles. The smallest absolute Gasteiger partial charge is 0.324 e. The Labute approximate surface area is 76.7 Å². The van der Waals surface area contributed by atoms with Gasteiger partial charge in [0.25, 0.3) is 0 Å². The van der Waals surface area contributed by atoms with E-state index < -0.39 is 11.5 Å². The van der Waals surface area contributed by atoms with E-state index in [1.54, 1.807) is 11.8 Å². The summed E-state index contributed by atoms with van der Waals surface area (Å²) in [5.74, 6) is 0.0580. The first-order valence-electron chi connectivity index (χ1n) is 4.10. The Kier molecular flexibility index (Phi) is 2.68. The van der Waals surface area contributed by atoms with Crippen LogP contribution < -0.4 is 5.73 Å². The molecular weight excluding hydrogens is 174 g/mol. The van der Waals surface area contributed by atoms with Crippen LogP contribution in [0.1, 0.15) is 20.3 Å². The van der Waals surface area contributed by atoms with Crippen molar-refractivity contribution in [3.8, 4) is 0 Å². The van der Waals surface area contributed by atoms with Crippen LogP contribution in [0.3, 0.4) is 0 Å². The van der Waals surface area contributed by atoms with Gasteiger partial charge in [-0.05, 0) is 18.1 Å². The summed E-state index contributed by atoms with van der Waals surface area (Å²) in [6.07, 6.45) is 0.578. The monoisotopic (exact) mass is 189 g/mol. The number of thioether (sulfide) groups is 1. The molecule has 1 saturated heterocycles. The molecule has 0 bridgehead atoms. The zero-order valence-electron chi connectivity index (χ0n) is 7.41. The van der Waals surface area contributed by atoms with Crippen LogP contribution in [0.5, 0.6) is 0 Å². The largest absolute Gasteiger partial charge is 0.480 e. The van der Waals surface area contributed by atoms with Crippen LogP contribution in [0.4, 0.5) is 0 Å². The Balaban J connectivity index is 2.77. The average molecular weight is 189 g/mol. The molecule has 4 heteroatoms. The number of aliphatic carboxylic acids is 1. The molecule has 0 unspecified atom stereocenters. The van der Waals surface area contributed by atoms with Crippen LogP contribution in [-0.2, 0) is 4.79 Å². The molecule has 1 rings (SSSR count). The number of nitrogens with two attached hydrogens (primary N) is 1. The minimum Gasteiger partial charge on any atom is -0.480 e. The lowest BCUT2D eigenvalue weighted by Gasteiger charge is -2.38. The average Bonchev–Trinajstić information content (AvgIpc) is 1.97. The van der Waals surface area contributed by atoms with Crippen molar-refractivity contribution in [2.24, 2.45) is 11.7 Å². The van der Waals surface area contributed by atoms with Gasteiger partial charge >= 0.3 is 5.97 Å². The maximum atomic E-state index is 10.9. The van der Waals surface area contributed by atoms with Gasteiger partial charge in [-0.2, -0.15) is 11.8 Å². The second kappa shape index (κ2) is 3.26. The van der Waals surface area contributed by atoms with E-state index in [0.29, 0.717) is 11.7 Å². The normalized spacial score (nSPS) is 42.6. The molecule has 12 heavy (non-hydrogen) atoms. The fraction of sp³-hybridized carbons (Fsp3) is 0.875. The summed E-state index contributed by atoms with van der Waals surface area (Å²) >= 11 is 1.80. The predicted molar refractivity (Wildman–Crippen MR) is 50.3 cm³/mol. The Morgan fingerprint density at radius 2 is 2.25 bits per heavy atom. The van der Waals surface area contributed by atoms with Crippen LogP contribution in [0.2, 0.25) is 0 Å². The van der Waals surface area contributed by atoms with Gasteiger partial charge in [0.05, 0.1) is 0 Å². The van der Waals surface area contributed by atoms with E-state index in [-0.39, 0.29) is 5.92 Å². The van der Waals surface area contributed by atoms with Gasteiger partial charge in [-0.25, -0.2) is 0 Å². The van der Waals surface area contributed by atoms with E-state index in [1.807, 2.05) is 13.8 Å². The summed E-state index contributed by atoms with van der Waals surface area (Å²) in [6, 6.07) is 0. The maximum Gasteiger partial charge on any atom is 0.324 e. The van der Waals surface area contributed by atoms with Gasteiger partial charge in [0.15, 0.2) is 0 Å². The molecule has 0 spiro atoms. The first-order chi connectivity index (χ1) is 5.47. The van der Waals surface area contributed by atoms with Crippen molar-refractivity contribution in [3.63, 3.8) is 0 Å². The third-order valence-electron chi connectivity index (χ3n) is 2.53. The Bertz CT molecular complexity index is 197. The number of carboxylic acids is 1. The highest BCUT2D eigenvalue weighted by Crippen LogP contribution is 2.35. The van der Waals surface area contributed by atoms with E-state index in [2.05, 4.69) is 0 Å². The van der Waals surface area contributed by atoms with E-state index >= 15 is 0 Å². The third kappa shape index (κ3) is 1.59. The number of rotatable bonds is 1. The molecule has 0 aromatic rings. The Morgan fingerprint density at radius 1 is 1.67 bits per heavy atom. The standard InChI is InChI=1S/C8H15NO2S/c1-5-4-12-6(2)3-8(5,9)7(10)11/h5-6H,3-4,9H2,1-2H3,(H,10,11)/t5-,6-,8-/m0/s1. The summed E-state index contributed by atoms with van der Waals surface area (Å²) in [6.45, 7) is 3.94. The molecule has 3 N–H and O–H groups in total. The summed E-state index contributed by atoms with van der Waals surface area (Å²) in [7, 11) is 0. The first kappa shape index (κ1) is 9.86. The number of carbonyl (C=O) groups is 1. The molecule has 70 valence electrons. The van der Waals surface area contributed by atoms with Gasteiger partial charge in [-0.15, -0.1) is 0 Å². The van der Waals surface area contributed by atoms with Crippen LogP contribution in [0.15, 0.2) is 0 Å². The highest BCUT2D eigenvalue weighted by atomic mass is 32.2. The second-order valence-corrected chi connectivity index (χ2v) is 5.07. The maximum absolute atomic E-state index is 10.9. The minimum absolute atomic E-state index is 0.0659. The lowest BCUT2D eigenvalue weighted by Crippen LogP contribution is -2.57. The zero-order chi connectivity index (χ0) is 9.35. The van der Waals surface area contributed by atoms with Gasteiger partial charge in [-0.1, -0.05) is 13.8 Å². The summed E-state index contributed by atoms with van der Waals surface area (Å²) < 4.78 is 0. The topological polar surface area (TPSA) is 63.3 Å². The highest BCUT2D eigenvalue weighted by molar-refractivity contribution is 7.99.